The van der Waals surface area contributed by atoms with Crippen molar-refractivity contribution in [3.63, 3.8) is 0 Å². The van der Waals surface area contributed by atoms with E-state index < -0.39 is 11.9 Å². The summed E-state index contributed by atoms with van der Waals surface area (Å²) in [7, 11) is 0. The van der Waals surface area contributed by atoms with Crippen LogP contribution in [0.15, 0.2) is 4.52 Å². The summed E-state index contributed by atoms with van der Waals surface area (Å²) in [6, 6.07) is 0. The lowest BCUT2D eigenvalue weighted by Crippen LogP contribution is -2.18. The van der Waals surface area contributed by atoms with E-state index in [-0.39, 0.29) is 11.8 Å². The Balaban J connectivity index is 2.07. The standard InChI is InChI=1S/C12H18N2O4/c1-7(8(2)12(15)16)11-13-10(14-18-11)9-4-3-5-17-6-9/h7-9H,3-6H2,1-2H3,(H,15,16). The van der Waals surface area contributed by atoms with Crippen molar-refractivity contribution >= 4 is 5.97 Å². The van der Waals surface area contributed by atoms with E-state index >= 15 is 0 Å². The van der Waals surface area contributed by atoms with Gasteiger partial charge in [-0.15, -0.1) is 0 Å². The lowest BCUT2D eigenvalue weighted by atomic mass is 9.96. The van der Waals surface area contributed by atoms with Crippen molar-refractivity contribution in [2.75, 3.05) is 13.2 Å². The largest absolute Gasteiger partial charge is 0.481 e. The topological polar surface area (TPSA) is 85.5 Å². The van der Waals surface area contributed by atoms with Gasteiger partial charge < -0.3 is 14.4 Å². The number of aliphatic carboxylic acids is 1. The lowest BCUT2D eigenvalue weighted by Gasteiger charge is -2.18. The minimum Gasteiger partial charge on any atom is -0.481 e. The average molecular weight is 254 g/mol. The summed E-state index contributed by atoms with van der Waals surface area (Å²) in [6.45, 7) is 4.82. The number of hydrogen-bond donors (Lipinski definition) is 1. The number of hydrogen-bond acceptors (Lipinski definition) is 5. The van der Waals surface area contributed by atoms with Gasteiger partial charge in [-0.05, 0) is 12.8 Å². The summed E-state index contributed by atoms with van der Waals surface area (Å²) in [5.74, 6) is -0.486. The summed E-state index contributed by atoms with van der Waals surface area (Å²) in [4.78, 5) is 15.2. The normalized spacial score (nSPS) is 23.6. The van der Waals surface area contributed by atoms with Crippen LogP contribution >= 0.6 is 0 Å². The van der Waals surface area contributed by atoms with Crippen LogP contribution in [0.5, 0.6) is 0 Å². The molecule has 2 rings (SSSR count). The van der Waals surface area contributed by atoms with Crippen LogP contribution in [0.25, 0.3) is 0 Å². The molecule has 0 aromatic carbocycles. The summed E-state index contributed by atoms with van der Waals surface area (Å²) in [5, 5.41) is 12.9. The number of nitrogens with zero attached hydrogens (tertiary/aromatic N) is 2. The minimum atomic E-state index is -0.858. The summed E-state index contributed by atoms with van der Waals surface area (Å²) < 4.78 is 10.5. The first-order chi connectivity index (χ1) is 8.59. The van der Waals surface area contributed by atoms with Crippen LogP contribution in [0, 0.1) is 5.92 Å². The number of aromatic nitrogens is 2. The van der Waals surface area contributed by atoms with Crippen LogP contribution in [-0.4, -0.2) is 34.4 Å². The molecule has 1 aliphatic rings. The van der Waals surface area contributed by atoms with Gasteiger partial charge in [0.25, 0.3) is 0 Å². The van der Waals surface area contributed by atoms with Crippen LogP contribution < -0.4 is 0 Å². The van der Waals surface area contributed by atoms with E-state index in [9.17, 15) is 4.79 Å². The molecule has 18 heavy (non-hydrogen) atoms. The molecular weight excluding hydrogens is 236 g/mol. The Kier molecular flexibility index (Phi) is 3.96. The Morgan fingerprint density at radius 2 is 2.28 bits per heavy atom. The van der Waals surface area contributed by atoms with Crippen LogP contribution in [0.3, 0.4) is 0 Å². The molecule has 0 amide bonds. The Bertz CT molecular complexity index is 412. The van der Waals surface area contributed by atoms with Gasteiger partial charge in [0, 0.05) is 18.4 Å². The Hall–Kier alpha value is -1.43. The fraction of sp³-hybridized carbons (Fsp3) is 0.750. The van der Waals surface area contributed by atoms with Gasteiger partial charge in [0.1, 0.15) is 0 Å². The van der Waals surface area contributed by atoms with Gasteiger partial charge in [-0.3, -0.25) is 4.79 Å². The highest BCUT2D eigenvalue weighted by atomic mass is 16.5. The van der Waals surface area contributed by atoms with E-state index in [0.717, 1.165) is 19.4 Å². The molecule has 0 spiro atoms. The van der Waals surface area contributed by atoms with Gasteiger partial charge in [-0.2, -0.15) is 4.98 Å². The molecular formula is C12H18N2O4. The van der Waals surface area contributed by atoms with E-state index in [2.05, 4.69) is 10.1 Å². The fourth-order valence-electron chi connectivity index (χ4n) is 1.97. The fourth-order valence-corrected chi connectivity index (χ4v) is 1.97. The number of ether oxygens (including phenoxy) is 1. The second-order valence-electron chi connectivity index (χ2n) is 4.82. The molecule has 1 aromatic heterocycles. The highest BCUT2D eigenvalue weighted by molar-refractivity contribution is 5.70. The van der Waals surface area contributed by atoms with Gasteiger partial charge in [0.2, 0.25) is 5.89 Å². The molecule has 1 fully saturated rings. The molecule has 3 atom stereocenters. The highest BCUT2D eigenvalue weighted by Crippen LogP contribution is 2.27. The molecule has 6 heteroatoms. The van der Waals surface area contributed by atoms with Gasteiger partial charge >= 0.3 is 5.97 Å². The Morgan fingerprint density at radius 3 is 2.89 bits per heavy atom. The molecule has 1 aromatic rings. The first-order valence-corrected chi connectivity index (χ1v) is 6.23. The van der Waals surface area contributed by atoms with E-state index in [1.165, 1.54) is 0 Å². The van der Waals surface area contributed by atoms with E-state index in [4.69, 9.17) is 14.4 Å². The average Bonchev–Trinajstić information content (AvgIpc) is 2.87. The molecule has 0 aliphatic carbocycles. The second kappa shape index (κ2) is 5.48. The summed E-state index contributed by atoms with van der Waals surface area (Å²) >= 11 is 0. The number of rotatable bonds is 4. The SMILES string of the molecule is CC(C(=O)O)C(C)c1nc(C2CCCOC2)no1. The van der Waals surface area contributed by atoms with Gasteiger partial charge in [0.15, 0.2) is 5.82 Å². The molecule has 0 bridgehead atoms. The van der Waals surface area contributed by atoms with Crippen molar-refractivity contribution in [1.29, 1.82) is 0 Å². The molecule has 0 radical (unpaired) electrons. The van der Waals surface area contributed by atoms with Crippen molar-refractivity contribution in [2.24, 2.45) is 5.92 Å². The number of carbonyl (C=O) groups is 1. The van der Waals surface area contributed by atoms with Crippen molar-refractivity contribution in [3.05, 3.63) is 11.7 Å². The number of carboxylic acids is 1. The maximum absolute atomic E-state index is 10.9. The Morgan fingerprint density at radius 1 is 1.50 bits per heavy atom. The maximum atomic E-state index is 10.9. The molecule has 1 N–H and O–H groups in total. The molecule has 0 saturated carbocycles. The van der Waals surface area contributed by atoms with Gasteiger partial charge in [-0.1, -0.05) is 19.0 Å². The first-order valence-electron chi connectivity index (χ1n) is 6.23. The number of carboxylic acid groups (broad SMARTS) is 1. The highest BCUT2D eigenvalue weighted by Gasteiger charge is 2.28. The summed E-state index contributed by atoms with van der Waals surface area (Å²) in [6.07, 6.45) is 1.98. The third-order valence-corrected chi connectivity index (χ3v) is 3.51. The van der Waals surface area contributed by atoms with Crippen LogP contribution in [0.1, 0.15) is 50.2 Å². The van der Waals surface area contributed by atoms with E-state index in [0.29, 0.717) is 18.3 Å². The first kappa shape index (κ1) is 13.0. The zero-order valence-corrected chi connectivity index (χ0v) is 10.6. The van der Waals surface area contributed by atoms with Crippen molar-refractivity contribution in [1.82, 2.24) is 10.1 Å². The van der Waals surface area contributed by atoms with Crippen LogP contribution in [0.2, 0.25) is 0 Å². The predicted molar refractivity (Wildman–Crippen MR) is 62.3 cm³/mol. The zero-order valence-electron chi connectivity index (χ0n) is 10.6. The lowest BCUT2D eigenvalue weighted by molar-refractivity contribution is -0.141. The third-order valence-electron chi connectivity index (χ3n) is 3.51. The summed E-state index contributed by atoms with van der Waals surface area (Å²) in [5.41, 5.74) is 0. The maximum Gasteiger partial charge on any atom is 0.307 e. The van der Waals surface area contributed by atoms with E-state index in [1.807, 2.05) is 0 Å². The molecule has 3 unspecified atom stereocenters. The Labute approximate surface area is 105 Å². The minimum absolute atomic E-state index is 0.170. The monoisotopic (exact) mass is 254 g/mol. The van der Waals surface area contributed by atoms with Crippen LogP contribution in [0.4, 0.5) is 0 Å². The van der Waals surface area contributed by atoms with Gasteiger partial charge in [-0.25, -0.2) is 0 Å². The van der Waals surface area contributed by atoms with Crippen molar-refractivity contribution in [2.45, 2.75) is 38.5 Å². The molecule has 1 aliphatic heterocycles. The molecule has 2 heterocycles. The van der Waals surface area contributed by atoms with E-state index in [1.54, 1.807) is 13.8 Å². The van der Waals surface area contributed by atoms with Crippen molar-refractivity contribution < 1.29 is 19.2 Å². The molecule has 100 valence electrons. The predicted octanol–water partition coefficient (Wildman–Crippen LogP) is 1.79. The molecule has 1 saturated heterocycles. The molecule has 6 nitrogen and oxygen atoms in total. The smallest absolute Gasteiger partial charge is 0.307 e. The van der Waals surface area contributed by atoms with Crippen molar-refractivity contribution in [3.8, 4) is 0 Å². The van der Waals surface area contributed by atoms with Crippen LogP contribution in [-0.2, 0) is 9.53 Å². The zero-order chi connectivity index (χ0) is 13.1. The third kappa shape index (κ3) is 2.69. The van der Waals surface area contributed by atoms with Gasteiger partial charge in [0.05, 0.1) is 12.5 Å². The quantitative estimate of drug-likeness (QED) is 0.881. The second-order valence-corrected chi connectivity index (χ2v) is 4.82.